The van der Waals surface area contributed by atoms with Crippen molar-refractivity contribution in [1.82, 2.24) is 10.1 Å². The van der Waals surface area contributed by atoms with Crippen molar-refractivity contribution < 1.29 is 9.32 Å². The predicted octanol–water partition coefficient (Wildman–Crippen LogP) is 4.35. The van der Waals surface area contributed by atoms with Crippen LogP contribution in [-0.2, 0) is 4.79 Å². The van der Waals surface area contributed by atoms with Gasteiger partial charge in [-0.3, -0.25) is 4.79 Å². The number of anilines is 2. The van der Waals surface area contributed by atoms with Crippen molar-refractivity contribution in [3.8, 4) is 11.5 Å². The van der Waals surface area contributed by atoms with Crippen molar-refractivity contribution in [2.24, 2.45) is 5.92 Å². The molecule has 1 aliphatic rings. The van der Waals surface area contributed by atoms with E-state index in [9.17, 15) is 4.79 Å². The molecule has 4 rings (SSSR count). The molecular formula is C20H19BrN4O2. The molecule has 3 aromatic rings. The van der Waals surface area contributed by atoms with E-state index in [1.54, 1.807) is 0 Å². The van der Waals surface area contributed by atoms with E-state index in [4.69, 9.17) is 4.52 Å². The molecule has 0 spiro atoms. The number of carbonyl (C=O) groups is 1. The zero-order valence-electron chi connectivity index (χ0n) is 14.6. The molecule has 1 fully saturated rings. The Morgan fingerprint density at radius 3 is 2.52 bits per heavy atom. The number of hydrogen-bond donors (Lipinski definition) is 1. The van der Waals surface area contributed by atoms with Gasteiger partial charge < -0.3 is 14.7 Å². The largest absolute Gasteiger partial charge is 0.338 e. The fourth-order valence-electron chi connectivity index (χ4n) is 3.18. The number of amides is 1. The minimum Gasteiger partial charge on any atom is -0.338 e. The van der Waals surface area contributed by atoms with E-state index in [0.717, 1.165) is 41.7 Å². The highest BCUT2D eigenvalue weighted by Crippen LogP contribution is 2.27. The van der Waals surface area contributed by atoms with Crippen LogP contribution in [0.2, 0.25) is 0 Å². The van der Waals surface area contributed by atoms with E-state index in [2.05, 4.69) is 36.3 Å². The Morgan fingerprint density at radius 2 is 1.78 bits per heavy atom. The van der Waals surface area contributed by atoms with Crippen LogP contribution >= 0.6 is 15.9 Å². The Labute approximate surface area is 165 Å². The van der Waals surface area contributed by atoms with Gasteiger partial charge in [0.25, 0.3) is 11.8 Å². The lowest BCUT2D eigenvalue weighted by atomic mass is 9.96. The summed E-state index contributed by atoms with van der Waals surface area (Å²) in [5, 5.41) is 7.10. The smallest absolute Gasteiger partial charge is 0.266 e. The number of hydrogen-bond acceptors (Lipinski definition) is 5. The van der Waals surface area contributed by atoms with Crippen molar-refractivity contribution in [1.29, 1.82) is 0 Å². The van der Waals surface area contributed by atoms with Gasteiger partial charge in [0.1, 0.15) is 0 Å². The second-order valence-corrected chi connectivity index (χ2v) is 7.35. The summed E-state index contributed by atoms with van der Waals surface area (Å²) in [6.07, 6.45) is 1.51. The van der Waals surface area contributed by atoms with Crippen LogP contribution in [0.25, 0.3) is 11.5 Å². The standard InChI is InChI=1S/C20H19BrN4O2/c21-16-8-4-5-9-17(16)22-18(26)14-10-12-25(13-11-14)20-23-19(27-24-20)15-6-2-1-3-7-15/h1-9,14H,10-13H2,(H,22,26). The summed E-state index contributed by atoms with van der Waals surface area (Å²) in [6, 6.07) is 17.3. The highest BCUT2D eigenvalue weighted by molar-refractivity contribution is 9.10. The van der Waals surface area contributed by atoms with E-state index in [1.807, 2.05) is 54.6 Å². The van der Waals surface area contributed by atoms with Gasteiger partial charge >= 0.3 is 0 Å². The molecule has 0 bridgehead atoms. The Morgan fingerprint density at radius 1 is 1.07 bits per heavy atom. The molecule has 0 atom stereocenters. The van der Waals surface area contributed by atoms with Gasteiger partial charge in [-0.15, -0.1) is 0 Å². The Bertz CT molecular complexity index is 920. The van der Waals surface area contributed by atoms with Crippen LogP contribution in [0.15, 0.2) is 63.6 Å². The molecule has 0 saturated carbocycles. The number of para-hydroxylation sites is 1. The third kappa shape index (κ3) is 4.03. The molecule has 0 radical (unpaired) electrons. The summed E-state index contributed by atoms with van der Waals surface area (Å²) in [5.41, 5.74) is 1.70. The molecule has 6 nitrogen and oxygen atoms in total. The molecule has 1 saturated heterocycles. The van der Waals surface area contributed by atoms with Crippen LogP contribution in [0.3, 0.4) is 0 Å². The summed E-state index contributed by atoms with van der Waals surface area (Å²) in [7, 11) is 0. The topological polar surface area (TPSA) is 71.3 Å². The maximum absolute atomic E-state index is 12.6. The maximum Gasteiger partial charge on any atom is 0.266 e. The number of halogens is 1. The van der Waals surface area contributed by atoms with Crippen molar-refractivity contribution in [2.45, 2.75) is 12.8 Å². The lowest BCUT2D eigenvalue weighted by molar-refractivity contribution is -0.120. The first kappa shape index (κ1) is 17.7. The fourth-order valence-corrected chi connectivity index (χ4v) is 3.57. The molecule has 7 heteroatoms. The Hall–Kier alpha value is -2.67. The summed E-state index contributed by atoms with van der Waals surface area (Å²) >= 11 is 3.46. The molecule has 1 amide bonds. The zero-order chi connectivity index (χ0) is 18.6. The molecule has 1 N–H and O–H groups in total. The van der Waals surface area contributed by atoms with Gasteiger partial charge in [0.2, 0.25) is 5.91 Å². The Balaban J connectivity index is 1.36. The van der Waals surface area contributed by atoms with E-state index in [0.29, 0.717) is 11.8 Å². The first-order valence-corrected chi connectivity index (χ1v) is 9.69. The van der Waals surface area contributed by atoms with Crippen LogP contribution in [0.4, 0.5) is 11.6 Å². The van der Waals surface area contributed by atoms with Gasteiger partial charge in [0.05, 0.1) is 5.69 Å². The lowest BCUT2D eigenvalue weighted by Crippen LogP contribution is -2.38. The van der Waals surface area contributed by atoms with E-state index >= 15 is 0 Å². The average molecular weight is 427 g/mol. The van der Waals surface area contributed by atoms with Crippen molar-refractivity contribution in [3.05, 3.63) is 59.1 Å². The predicted molar refractivity (Wildman–Crippen MR) is 107 cm³/mol. The van der Waals surface area contributed by atoms with Crippen LogP contribution in [0.5, 0.6) is 0 Å². The number of benzene rings is 2. The van der Waals surface area contributed by atoms with E-state index in [1.165, 1.54) is 0 Å². The molecule has 27 heavy (non-hydrogen) atoms. The zero-order valence-corrected chi connectivity index (χ0v) is 16.2. The van der Waals surface area contributed by atoms with E-state index < -0.39 is 0 Å². The van der Waals surface area contributed by atoms with Gasteiger partial charge in [-0.1, -0.05) is 30.3 Å². The number of aromatic nitrogens is 2. The number of piperidine rings is 1. The Kier molecular flexibility index (Phi) is 5.20. The maximum atomic E-state index is 12.6. The fraction of sp³-hybridized carbons (Fsp3) is 0.250. The summed E-state index contributed by atoms with van der Waals surface area (Å²) in [5.74, 6) is 1.13. The molecule has 1 aliphatic heterocycles. The normalized spacial score (nSPS) is 14.9. The quantitative estimate of drug-likeness (QED) is 0.670. The number of nitrogens with one attached hydrogen (secondary N) is 1. The van der Waals surface area contributed by atoms with Crippen molar-refractivity contribution in [3.63, 3.8) is 0 Å². The first-order valence-electron chi connectivity index (χ1n) is 8.90. The molecule has 1 aromatic heterocycles. The van der Waals surface area contributed by atoms with Crippen LogP contribution in [0, 0.1) is 5.92 Å². The minimum atomic E-state index is -0.0196. The van der Waals surface area contributed by atoms with Crippen LogP contribution in [0.1, 0.15) is 12.8 Å². The third-order valence-electron chi connectivity index (χ3n) is 4.72. The molecule has 0 unspecified atom stereocenters. The number of carbonyl (C=O) groups excluding carboxylic acids is 1. The van der Waals surface area contributed by atoms with E-state index in [-0.39, 0.29) is 11.8 Å². The van der Waals surface area contributed by atoms with Crippen molar-refractivity contribution in [2.75, 3.05) is 23.3 Å². The SMILES string of the molecule is O=C(Nc1ccccc1Br)C1CCN(c2noc(-c3ccccc3)n2)CC1. The van der Waals surface area contributed by atoms with Gasteiger partial charge in [-0.2, -0.15) is 4.98 Å². The molecule has 138 valence electrons. The summed E-state index contributed by atoms with van der Waals surface area (Å²) < 4.78 is 6.27. The highest BCUT2D eigenvalue weighted by Gasteiger charge is 2.27. The van der Waals surface area contributed by atoms with Crippen LogP contribution in [-0.4, -0.2) is 29.1 Å². The third-order valence-corrected chi connectivity index (χ3v) is 5.41. The number of nitrogens with zero attached hydrogens (tertiary/aromatic N) is 3. The molecular weight excluding hydrogens is 408 g/mol. The highest BCUT2D eigenvalue weighted by atomic mass is 79.9. The first-order chi connectivity index (χ1) is 13.2. The molecule has 0 aliphatic carbocycles. The second-order valence-electron chi connectivity index (χ2n) is 6.50. The molecule has 2 heterocycles. The summed E-state index contributed by atoms with van der Waals surface area (Å²) in [4.78, 5) is 19.1. The van der Waals surface area contributed by atoms with Gasteiger partial charge in [0, 0.05) is 29.0 Å². The van der Waals surface area contributed by atoms with Crippen molar-refractivity contribution >= 4 is 33.5 Å². The minimum absolute atomic E-state index is 0.0196. The van der Waals surface area contributed by atoms with Crippen LogP contribution < -0.4 is 10.2 Å². The number of rotatable bonds is 4. The monoisotopic (exact) mass is 426 g/mol. The van der Waals surface area contributed by atoms with Gasteiger partial charge in [-0.05, 0) is 58.2 Å². The average Bonchev–Trinajstić information content (AvgIpc) is 3.21. The summed E-state index contributed by atoms with van der Waals surface area (Å²) in [6.45, 7) is 1.45. The second kappa shape index (κ2) is 7.92. The lowest BCUT2D eigenvalue weighted by Gasteiger charge is -2.30. The molecule has 2 aromatic carbocycles. The van der Waals surface area contributed by atoms with Gasteiger partial charge in [0.15, 0.2) is 0 Å². The van der Waals surface area contributed by atoms with Gasteiger partial charge in [-0.25, -0.2) is 0 Å².